The molecule has 0 amide bonds. The lowest BCUT2D eigenvalue weighted by molar-refractivity contribution is 0.469. The molecule has 2 nitrogen and oxygen atoms in total. The van der Waals surface area contributed by atoms with Gasteiger partial charge in [-0.2, -0.15) is 0 Å². The van der Waals surface area contributed by atoms with Gasteiger partial charge in [-0.15, -0.1) is 11.3 Å². The first-order valence-corrected chi connectivity index (χ1v) is 7.99. The molecule has 1 aromatic heterocycles. The summed E-state index contributed by atoms with van der Waals surface area (Å²) in [5.74, 6) is 0.326. The van der Waals surface area contributed by atoms with Gasteiger partial charge >= 0.3 is 0 Å². The van der Waals surface area contributed by atoms with Gasteiger partial charge in [0.25, 0.3) is 0 Å². The summed E-state index contributed by atoms with van der Waals surface area (Å²) < 4.78 is 13.0. The van der Waals surface area contributed by atoms with Gasteiger partial charge in [-0.1, -0.05) is 19.1 Å². The summed E-state index contributed by atoms with van der Waals surface area (Å²) in [6.07, 6.45) is 4.93. The largest absolute Gasteiger partial charge is 0.316 e. The minimum absolute atomic E-state index is 0.172. The Morgan fingerprint density at radius 1 is 1.25 bits per heavy atom. The summed E-state index contributed by atoms with van der Waals surface area (Å²) in [5.41, 5.74) is 1.19. The predicted octanol–water partition coefficient (Wildman–Crippen LogP) is 3.68. The number of aromatic nitrogens is 1. The van der Waals surface area contributed by atoms with Gasteiger partial charge in [-0.05, 0) is 49.5 Å². The van der Waals surface area contributed by atoms with Crippen LogP contribution in [0.5, 0.6) is 0 Å². The fourth-order valence-electron chi connectivity index (χ4n) is 2.25. The molecular formula is C16H21FN2S. The maximum absolute atomic E-state index is 13.0. The molecule has 0 radical (unpaired) electrons. The van der Waals surface area contributed by atoms with Crippen molar-refractivity contribution in [3.05, 3.63) is 52.2 Å². The highest BCUT2D eigenvalue weighted by Gasteiger charge is 2.12. The van der Waals surface area contributed by atoms with E-state index in [-0.39, 0.29) is 5.82 Å². The minimum Gasteiger partial charge on any atom is -0.316 e. The van der Waals surface area contributed by atoms with Crippen LogP contribution in [0, 0.1) is 11.7 Å². The molecule has 4 heteroatoms. The third-order valence-electron chi connectivity index (χ3n) is 3.24. The fraction of sp³-hybridized carbons (Fsp3) is 0.438. The monoisotopic (exact) mass is 292 g/mol. The summed E-state index contributed by atoms with van der Waals surface area (Å²) in [6.45, 7) is 4.19. The van der Waals surface area contributed by atoms with Crippen molar-refractivity contribution < 1.29 is 4.39 Å². The maximum atomic E-state index is 13.0. The third-order valence-corrected chi connectivity index (χ3v) is 4.05. The SMILES string of the molecule is CCCNCC(Cc1ccc(F)cc1)Cc1nccs1. The van der Waals surface area contributed by atoms with Crippen LogP contribution in [0.2, 0.25) is 0 Å². The Kier molecular flexibility index (Phi) is 6.15. The van der Waals surface area contributed by atoms with Crippen LogP contribution < -0.4 is 5.32 Å². The molecule has 0 aliphatic heterocycles. The van der Waals surface area contributed by atoms with Gasteiger partial charge in [0.2, 0.25) is 0 Å². The molecular weight excluding hydrogens is 271 g/mol. The molecule has 1 unspecified atom stereocenters. The van der Waals surface area contributed by atoms with Gasteiger partial charge in [-0.3, -0.25) is 0 Å². The first kappa shape index (κ1) is 15.1. The van der Waals surface area contributed by atoms with E-state index in [1.165, 1.54) is 22.7 Å². The van der Waals surface area contributed by atoms with Crippen LogP contribution in [-0.2, 0) is 12.8 Å². The van der Waals surface area contributed by atoms with Gasteiger partial charge in [0.1, 0.15) is 5.82 Å². The number of rotatable bonds is 8. The molecule has 108 valence electrons. The van der Waals surface area contributed by atoms with E-state index in [1.807, 2.05) is 23.7 Å². The van der Waals surface area contributed by atoms with Crippen LogP contribution in [-0.4, -0.2) is 18.1 Å². The summed E-state index contributed by atoms with van der Waals surface area (Å²) in [7, 11) is 0. The molecule has 0 spiro atoms. The van der Waals surface area contributed by atoms with Gasteiger partial charge in [0.15, 0.2) is 0 Å². The van der Waals surface area contributed by atoms with Crippen LogP contribution in [0.1, 0.15) is 23.9 Å². The van der Waals surface area contributed by atoms with Crippen LogP contribution in [0.3, 0.4) is 0 Å². The standard InChI is InChI=1S/C16H21FN2S/c1-2-7-18-12-14(11-16-19-8-9-20-16)10-13-3-5-15(17)6-4-13/h3-6,8-9,14,18H,2,7,10-12H2,1H3. The highest BCUT2D eigenvalue weighted by atomic mass is 32.1. The smallest absolute Gasteiger partial charge is 0.123 e. The Bertz CT molecular complexity index is 482. The third kappa shape index (κ3) is 5.02. The van der Waals surface area contributed by atoms with E-state index >= 15 is 0 Å². The van der Waals surface area contributed by atoms with Crippen molar-refractivity contribution in [3.63, 3.8) is 0 Å². The first-order valence-electron chi connectivity index (χ1n) is 7.11. The highest BCUT2D eigenvalue weighted by molar-refractivity contribution is 7.09. The minimum atomic E-state index is -0.172. The van der Waals surface area contributed by atoms with Crippen LogP contribution in [0.4, 0.5) is 4.39 Å². The second kappa shape index (κ2) is 8.12. The van der Waals surface area contributed by atoms with E-state index in [4.69, 9.17) is 0 Å². The predicted molar refractivity (Wildman–Crippen MR) is 82.6 cm³/mol. The number of halogens is 1. The zero-order valence-electron chi connectivity index (χ0n) is 11.8. The topological polar surface area (TPSA) is 24.9 Å². The average molecular weight is 292 g/mol. The summed E-state index contributed by atoms with van der Waals surface area (Å²) in [5, 5.41) is 6.68. The Balaban J connectivity index is 1.95. The molecule has 1 N–H and O–H groups in total. The van der Waals surface area contributed by atoms with Crippen molar-refractivity contribution in [2.45, 2.75) is 26.2 Å². The summed E-state index contributed by atoms with van der Waals surface area (Å²) in [4.78, 5) is 4.37. The van der Waals surface area contributed by atoms with E-state index < -0.39 is 0 Å². The van der Waals surface area contributed by atoms with Crippen molar-refractivity contribution in [2.24, 2.45) is 5.92 Å². The van der Waals surface area contributed by atoms with Crippen LogP contribution in [0.25, 0.3) is 0 Å². The number of hydrogen-bond acceptors (Lipinski definition) is 3. The average Bonchev–Trinajstić information content (AvgIpc) is 2.94. The molecule has 2 aromatic rings. The Morgan fingerprint density at radius 2 is 2.05 bits per heavy atom. The van der Waals surface area contributed by atoms with E-state index in [1.54, 1.807) is 11.3 Å². The number of benzene rings is 1. The molecule has 0 aliphatic carbocycles. The fourth-order valence-corrected chi connectivity index (χ4v) is 2.99. The Hall–Kier alpha value is -1.26. The zero-order chi connectivity index (χ0) is 14.2. The summed E-state index contributed by atoms with van der Waals surface area (Å²) >= 11 is 1.70. The van der Waals surface area contributed by atoms with Gasteiger partial charge in [-0.25, -0.2) is 9.37 Å². The van der Waals surface area contributed by atoms with E-state index in [9.17, 15) is 4.39 Å². The molecule has 0 saturated carbocycles. The lowest BCUT2D eigenvalue weighted by atomic mass is 9.96. The van der Waals surface area contributed by atoms with Gasteiger partial charge < -0.3 is 5.32 Å². The molecule has 2 rings (SSSR count). The van der Waals surface area contributed by atoms with Gasteiger partial charge in [0.05, 0.1) is 5.01 Å². The van der Waals surface area contributed by atoms with Crippen LogP contribution in [0.15, 0.2) is 35.8 Å². The van der Waals surface area contributed by atoms with E-state index in [0.29, 0.717) is 5.92 Å². The molecule has 0 aliphatic rings. The normalized spacial score (nSPS) is 12.5. The molecule has 0 bridgehead atoms. The second-order valence-electron chi connectivity index (χ2n) is 5.03. The zero-order valence-corrected chi connectivity index (χ0v) is 12.6. The highest BCUT2D eigenvalue weighted by Crippen LogP contribution is 2.16. The van der Waals surface area contributed by atoms with Crippen molar-refractivity contribution in [2.75, 3.05) is 13.1 Å². The Labute approximate surface area is 124 Å². The first-order chi connectivity index (χ1) is 9.78. The number of nitrogens with one attached hydrogen (secondary N) is 1. The van der Waals surface area contributed by atoms with Crippen molar-refractivity contribution in [1.82, 2.24) is 10.3 Å². The second-order valence-corrected chi connectivity index (χ2v) is 6.01. The van der Waals surface area contributed by atoms with Crippen LogP contribution >= 0.6 is 11.3 Å². The molecule has 1 heterocycles. The molecule has 0 saturated heterocycles. The quantitative estimate of drug-likeness (QED) is 0.751. The van der Waals surface area contributed by atoms with E-state index in [2.05, 4.69) is 17.2 Å². The van der Waals surface area contributed by atoms with Gasteiger partial charge in [0, 0.05) is 18.0 Å². The van der Waals surface area contributed by atoms with Crippen molar-refractivity contribution in [1.29, 1.82) is 0 Å². The van der Waals surface area contributed by atoms with Crippen molar-refractivity contribution >= 4 is 11.3 Å². The number of nitrogens with zero attached hydrogens (tertiary/aromatic N) is 1. The molecule has 1 atom stereocenters. The molecule has 1 aromatic carbocycles. The molecule has 0 fully saturated rings. The lowest BCUT2D eigenvalue weighted by Crippen LogP contribution is -2.26. The number of thiazole rings is 1. The lowest BCUT2D eigenvalue weighted by Gasteiger charge is -2.16. The maximum Gasteiger partial charge on any atom is 0.123 e. The Morgan fingerprint density at radius 3 is 2.70 bits per heavy atom. The number of hydrogen-bond donors (Lipinski definition) is 1. The summed E-state index contributed by atoms with van der Waals surface area (Å²) in [6, 6.07) is 6.83. The molecule has 20 heavy (non-hydrogen) atoms. The van der Waals surface area contributed by atoms with E-state index in [0.717, 1.165) is 32.4 Å². The van der Waals surface area contributed by atoms with Crippen molar-refractivity contribution in [3.8, 4) is 0 Å².